The largest absolute Gasteiger partial charge is 0.394 e. The number of methoxy groups -OCH3 is 1. The van der Waals surface area contributed by atoms with E-state index in [1.807, 2.05) is 18.5 Å². The van der Waals surface area contributed by atoms with Crippen LogP contribution in [0.3, 0.4) is 0 Å². The number of rotatable bonds is 7. The summed E-state index contributed by atoms with van der Waals surface area (Å²) in [6, 6.07) is 0.319. The van der Waals surface area contributed by atoms with E-state index in [1.54, 1.807) is 7.11 Å². The summed E-state index contributed by atoms with van der Waals surface area (Å²) in [6.07, 6.45) is 0. The molecule has 0 bridgehead atoms. The van der Waals surface area contributed by atoms with Crippen molar-refractivity contribution in [3.05, 3.63) is 17.0 Å². The fourth-order valence-electron chi connectivity index (χ4n) is 1.89. The van der Waals surface area contributed by atoms with Crippen molar-refractivity contribution in [2.75, 3.05) is 20.3 Å². The molecule has 0 aliphatic rings. The number of hydrogen-bond acceptors (Lipinski definition) is 4. The van der Waals surface area contributed by atoms with Crippen LogP contribution in [0.1, 0.15) is 23.9 Å². The van der Waals surface area contributed by atoms with Crippen LogP contribution in [0, 0.1) is 13.8 Å². The molecule has 2 N–H and O–H groups in total. The van der Waals surface area contributed by atoms with Gasteiger partial charge in [-0.05, 0) is 20.8 Å². The van der Waals surface area contributed by atoms with E-state index < -0.39 is 0 Å². The molecule has 5 nitrogen and oxygen atoms in total. The molecule has 1 aromatic heterocycles. The van der Waals surface area contributed by atoms with Gasteiger partial charge in [-0.1, -0.05) is 0 Å². The lowest BCUT2D eigenvalue weighted by atomic mass is 10.2. The molecule has 1 heterocycles. The third kappa shape index (κ3) is 3.80. The second-order valence-electron chi connectivity index (χ2n) is 4.33. The van der Waals surface area contributed by atoms with E-state index in [0.717, 1.165) is 17.9 Å². The molecule has 1 unspecified atom stereocenters. The Morgan fingerprint density at radius 1 is 1.47 bits per heavy atom. The van der Waals surface area contributed by atoms with Crippen LogP contribution in [-0.2, 0) is 17.8 Å². The Hall–Kier alpha value is -0.910. The minimum absolute atomic E-state index is 0.120. The summed E-state index contributed by atoms with van der Waals surface area (Å²) in [5.41, 5.74) is 3.35. The molecular formula is C12H23N3O2. The van der Waals surface area contributed by atoms with Gasteiger partial charge < -0.3 is 15.2 Å². The van der Waals surface area contributed by atoms with E-state index in [0.29, 0.717) is 19.2 Å². The summed E-state index contributed by atoms with van der Waals surface area (Å²) < 4.78 is 6.93. The lowest BCUT2D eigenvalue weighted by molar-refractivity contribution is 0.171. The molecule has 0 aromatic carbocycles. The van der Waals surface area contributed by atoms with Gasteiger partial charge in [0.1, 0.15) is 0 Å². The average Bonchev–Trinajstić information content (AvgIpc) is 2.53. The zero-order chi connectivity index (χ0) is 12.8. The number of nitrogens with zero attached hydrogens (tertiary/aromatic N) is 2. The van der Waals surface area contributed by atoms with Gasteiger partial charge in [0.15, 0.2) is 0 Å². The fraction of sp³-hybridized carbons (Fsp3) is 0.750. The first-order chi connectivity index (χ1) is 8.10. The lowest BCUT2D eigenvalue weighted by Crippen LogP contribution is -2.29. The van der Waals surface area contributed by atoms with Gasteiger partial charge in [-0.25, -0.2) is 0 Å². The molecular weight excluding hydrogens is 218 g/mol. The molecule has 5 heteroatoms. The van der Waals surface area contributed by atoms with Crippen LogP contribution in [0.25, 0.3) is 0 Å². The van der Waals surface area contributed by atoms with Gasteiger partial charge in [0.2, 0.25) is 0 Å². The Morgan fingerprint density at radius 2 is 2.18 bits per heavy atom. The summed E-state index contributed by atoms with van der Waals surface area (Å²) in [7, 11) is 1.70. The summed E-state index contributed by atoms with van der Waals surface area (Å²) >= 11 is 0. The summed E-state index contributed by atoms with van der Waals surface area (Å²) in [5, 5.41) is 16.7. The first-order valence-electron chi connectivity index (χ1n) is 5.96. The molecule has 0 amide bonds. The van der Waals surface area contributed by atoms with Crippen LogP contribution in [0.15, 0.2) is 0 Å². The highest BCUT2D eigenvalue weighted by atomic mass is 16.5. The van der Waals surface area contributed by atoms with Crippen molar-refractivity contribution in [2.24, 2.45) is 0 Å². The van der Waals surface area contributed by atoms with Crippen molar-refractivity contribution >= 4 is 0 Å². The van der Waals surface area contributed by atoms with E-state index >= 15 is 0 Å². The number of nitrogens with one attached hydrogen (secondary N) is 1. The van der Waals surface area contributed by atoms with E-state index in [1.165, 1.54) is 5.56 Å². The van der Waals surface area contributed by atoms with Gasteiger partial charge in [0.05, 0.1) is 25.5 Å². The quantitative estimate of drug-likeness (QED) is 0.734. The number of ether oxygens (including phenoxy) is 1. The Kier molecular flexibility index (Phi) is 5.61. The monoisotopic (exact) mass is 241 g/mol. The smallest absolute Gasteiger partial charge is 0.0644 e. The predicted molar refractivity (Wildman–Crippen MR) is 67.0 cm³/mol. The number of aryl methyl sites for hydroxylation is 1. The summed E-state index contributed by atoms with van der Waals surface area (Å²) in [6.45, 7) is 8.28. The number of aliphatic hydroxyl groups excluding tert-OH is 1. The van der Waals surface area contributed by atoms with Crippen molar-refractivity contribution in [1.29, 1.82) is 0 Å². The van der Waals surface area contributed by atoms with Gasteiger partial charge >= 0.3 is 0 Å². The molecule has 98 valence electrons. The summed E-state index contributed by atoms with van der Waals surface area (Å²) in [5.74, 6) is 0. The molecule has 0 spiro atoms. The topological polar surface area (TPSA) is 59.3 Å². The standard InChI is InChI=1S/C12H23N3O2/c1-9(8-17-4)13-7-12-10(2)14-15(5-6-16)11(12)3/h9,13,16H,5-8H2,1-4H3. The van der Waals surface area contributed by atoms with Crippen molar-refractivity contribution < 1.29 is 9.84 Å². The number of hydrogen-bond donors (Lipinski definition) is 2. The Labute approximate surface area is 103 Å². The average molecular weight is 241 g/mol. The molecule has 0 aliphatic heterocycles. The third-order valence-corrected chi connectivity index (χ3v) is 2.89. The molecule has 1 atom stereocenters. The van der Waals surface area contributed by atoms with Crippen LogP contribution in [0.2, 0.25) is 0 Å². The predicted octanol–water partition coefficient (Wildman–Crippen LogP) is 0.617. The minimum Gasteiger partial charge on any atom is -0.394 e. The molecule has 1 rings (SSSR count). The second kappa shape index (κ2) is 6.74. The van der Waals surface area contributed by atoms with Gasteiger partial charge in [-0.2, -0.15) is 5.10 Å². The maximum atomic E-state index is 8.94. The Bertz CT molecular complexity index is 350. The Balaban J connectivity index is 2.64. The van der Waals surface area contributed by atoms with E-state index in [-0.39, 0.29) is 6.61 Å². The highest BCUT2D eigenvalue weighted by Crippen LogP contribution is 2.12. The van der Waals surface area contributed by atoms with E-state index in [9.17, 15) is 0 Å². The molecule has 0 radical (unpaired) electrons. The first kappa shape index (κ1) is 14.2. The molecule has 0 aliphatic carbocycles. The summed E-state index contributed by atoms with van der Waals surface area (Å²) in [4.78, 5) is 0. The van der Waals surface area contributed by atoms with Crippen LogP contribution >= 0.6 is 0 Å². The zero-order valence-corrected chi connectivity index (χ0v) is 11.2. The van der Waals surface area contributed by atoms with Gasteiger partial charge in [-0.3, -0.25) is 4.68 Å². The number of aromatic nitrogens is 2. The maximum Gasteiger partial charge on any atom is 0.0644 e. The minimum atomic E-state index is 0.120. The highest BCUT2D eigenvalue weighted by Gasteiger charge is 2.11. The normalized spacial score (nSPS) is 13.0. The van der Waals surface area contributed by atoms with Crippen molar-refractivity contribution in [3.8, 4) is 0 Å². The van der Waals surface area contributed by atoms with Crippen molar-refractivity contribution in [2.45, 2.75) is 39.9 Å². The first-order valence-corrected chi connectivity index (χ1v) is 5.96. The van der Waals surface area contributed by atoms with E-state index in [2.05, 4.69) is 17.3 Å². The molecule has 1 aromatic rings. The fourth-order valence-corrected chi connectivity index (χ4v) is 1.89. The van der Waals surface area contributed by atoms with Crippen molar-refractivity contribution in [3.63, 3.8) is 0 Å². The van der Waals surface area contributed by atoms with Crippen LogP contribution in [0.5, 0.6) is 0 Å². The van der Waals surface area contributed by atoms with Gasteiger partial charge in [0.25, 0.3) is 0 Å². The third-order valence-electron chi connectivity index (χ3n) is 2.89. The van der Waals surface area contributed by atoms with Crippen LogP contribution in [-0.4, -0.2) is 41.3 Å². The van der Waals surface area contributed by atoms with Gasteiger partial charge in [0, 0.05) is 31.0 Å². The van der Waals surface area contributed by atoms with Crippen LogP contribution < -0.4 is 5.32 Å². The lowest BCUT2D eigenvalue weighted by Gasteiger charge is -2.12. The van der Waals surface area contributed by atoms with Gasteiger partial charge in [-0.15, -0.1) is 0 Å². The Morgan fingerprint density at radius 3 is 2.76 bits per heavy atom. The SMILES string of the molecule is COCC(C)NCc1c(C)nn(CCO)c1C. The van der Waals surface area contributed by atoms with E-state index in [4.69, 9.17) is 9.84 Å². The zero-order valence-electron chi connectivity index (χ0n) is 11.2. The van der Waals surface area contributed by atoms with Crippen molar-refractivity contribution in [1.82, 2.24) is 15.1 Å². The number of aliphatic hydroxyl groups is 1. The highest BCUT2D eigenvalue weighted by molar-refractivity contribution is 5.24. The molecule has 0 fully saturated rings. The maximum absolute atomic E-state index is 8.94. The molecule has 17 heavy (non-hydrogen) atoms. The second-order valence-corrected chi connectivity index (χ2v) is 4.33. The van der Waals surface area contributed by atoms with Crippen LogP contribution in [0.4, 0.5) is 0 Å². The molecule has 0 saturated carbocycles. The molecule has 0 saturated heterocycles.